The number of unbranched alkanes of at least 4 members (excludes halogenated alkanes) is 1. The van der Waals surface area contributed by atoms with E-state index >= 15 is 0 Å². The molecule has 0 unspecified atom stereocenters. The van der Waals surface area contributed by atoms with Crippen molar-refractivity contribution in [3.8, 4) is 0 Å². The summed E-state index contributed by atoms with van der Waals surface area (Å²) in [6.07, 6.45) is 1.53. The molecular weight excluding hydrogens is 249 g/mol. The maximum Gasteiger partial charge on any atom is 0.523 e. The van der Waals surface area contributed by atoms with Crippen LogP contribution >= 0.6 is 0 Å². The monoisotopic (exact) mass is 264 g/mol. The lowest BCUT2D eigenvalue weighted by Crippen LogP contribution is -2.25. The molecule has 0 aliphatic heterocycles. The molecule has 0 saturated heterocycles. The number of rotatable bonds is 8. The van der Waals surface area contributed by atoms with Gasteiger partial charge in [0.15, 0.2) is 0 Å². The van der Waals surface area contributed by atoms with E-state index in [4.69, 9.17) is 4.74 Å². The Morgan fingerprint density at radius 1 is 1.06 bits per heavy atom. The fraction of sp³-hybridized carbons (Fsp3) is 1.00. The van der Waals surface area contributed by atoms with Crippen molar-refractivity contribution >= 4 is 10.1 Å². The molecule has 0 spiro atoms. The summed E-state index contributed by atoms with van der Waals surface area (Å²) in [6, 6.07) is 0. The lowest BCUT2D eigenvalue weighted by atomic mass is 10.3. The molecule has 0 heterocycles. The molecule has 0 aromatic heterocycles. The van der Waals surface area contributed by atoms with Gasteiger partial charge in [0, 0.05) is 13.2 Å². The molecular formula is C8H15F3O4S. The number of hydrogen-bond donors (Lipinski definition) is 0. The highest BCUT2D eigenvalue weighted by atomic mass is 32.2. The van der Waals surface area contributed by atoms with Crippen molar-refractivity contribution in [3.05, 3.63) is 0 Å². The van der Waals surface area contributed by atoms with Gasteiger partial charge < -0.3 is 4.74 Å². The zero-order chi connectivity index (χ0) is 12.7. The predicted molar refractivity (Wildman–Crippen MR) is 51.3 cm³/mol. The Bertz CT molecular complexity index is 273. The molecule has 98 valence electrons. The van der Waals surface area contributed by atoms with Crippen molar-refractivity contribution in [1.29, 1.82) is 0 Å². The normalized spacial score (nSPS) is 13.0. The average molecular weight is 264 g/mol. The van der Waals surface area contributed by atoms with Crippen molar-refractivity contribution in [2.24, 2.45) is 0 Å². The highest BCUT2D eigenvalue weighted by molar-refractivity contribution is 7.87. The first-order valence-electron chi connectivity index (χ1n) is 4.84. The van der Waals surface area contributed by atoms with Crippen LogP contribution in [0, 0.1) is 0 Å². The van der Waals surface area contributed by atoms with Gasteiger partial charge in [0.2, 0.25) is 0 Å². The van der Waals surface area contributed by atoms with Crippen molar-refractivity contribution in [2.45, 2.75) is 31.7 Å². The molecule has 0 radical (unpaired) electrons. The molecule has 0 atom stereocenters. The average Bonchev–Trinajstić information content (AvgIpc) is 2.14. The number of hydrogen-bond acceptors (Lipinski definition) is 4. The standard InChI is InChI=1S/C8H15F3O4S/c1-2-5-14-6-3-4-7-15-16(12,13)8(9,10)11/h2-7H2,1H3. The lowest BCUT2D eigenvalue weighted by Gasteiger charge is -2.08. The highest BCUT2D eigenvalue weighted by Crippen LogP contribution is 2.24. The third-order valence-corrected chi connectivity index (χ3v) is 2.60. The first-order chi connectivity index (χ1) is 7.31. The van der Waals surface area contributed by atoms with Gasteiger partial charge >= 0.3 is 15.6 Å². The van der Waals surface area contributed by atoms with Gasteiger partial charge in [-0.15, -0.1) is 0 Å². The van der Waals surface area contributed by atoms with Gasteiger partial charge in [-0.25, -0.2) is 0 Å². The fourth-order valence-electron chi connectivity index (χ4n) is 0.788. The van der Waals surface area contributed by atoms with Crippen LogP contribution in [-0.4, -0.2) is 33.7 Å². The molecule has 0 aromatic carbocycles. The fourth-order valence-corrected chi connectivity index (χ4v) is 1.26. The maximum atomic E-state index is 11.8. The van der Waals surface area contributed by atoms with Gasteiger partial charge in [0.05, 0.1) is 6.61 Å². The van der Waals surface area contributed by atoms with E-state index in [1.807, 2.05) is 6.92 Å². The van der Waals surface area contributed by atoms with E-state index in [1.54, 1.807) is 0 Å². The van der Waals surface area contributed by atoms with E-state index in [0.717, 1.165) is 6.42 Å². The quantitative estimate of drug-likeness (QED) is 0.382. The Balaban J connectivity index is 3.60. The third-order valence-electron chi connectivity index (χ3n) is 1.55. The van der Waals surface area contributed by atoms with Crippen molar-refractivity contribution in [1.82, 2.24) is 0 Å². The van der Waals surface area contributed by atoms with Crippen LogP contribution in [0.25, 0.3) is 0 Å². The Kier molecular flexibility index (Phi) is 6.93. The van der Waals surface area contributed by atoms with Crippen LogP contribution in [-0.2, 0) is 19.0 Å². The van der Waals surface area contributed by atoms with Crippen LogP contribution < -0.4 is 0 Å². The summed E-state index contributed by atoms with van der Waals surface area (Å²) in [6.45, 7) is 2.43. The number of ether oxygens (including phenoxy) is 1. The summed E-state index contributed by atoms with van der Waals surface area (Å²) < 4.78 is 65.0. The summed E-state index contributed by atoms with van der Waals surface area (Å²) >= 11 is 0. The Morgan fingerprint density at radius 3 is 2.12 bits per heavy atom. The molecule has 16 heavy (non-hydrogen) atoms. The van der Waals surface area contributed by atoms with E-state index in [9.17, 15) is 21.6 Å². The molecule has 0 amide bonds. The van der Waals surface area contributed by atoms with Gasteiger partial charge in [-0.2, -0.15) is 21.6 Å². The van der Waals surface area contributed by atoms with E-state index < -0.39 is 22.2 Å². The smallest absolute Gasteiger partial charge is 0.381 e. The molecule has 0 saturated carbocycles. The largest absolute Gasteiger partial charge is 0.523 e. The third kappa shape index (κ3) is 6.29. The Hall–Kier alpha value is -0.340. The summed E-state index contributed by atoms with van der Waals surface area (Å²) in [7, 11) is -5.44. The predicted octanol–water partition coefficient (Wildman–Crippen LogP) is 2.06. The van der Waals surface area contributed by atoms with E-state index in [-0.39, 0.29) is 6.42 Å². The molecule has 0 aliphatic rings. The molecule has 0 aliphatic carbocycles. The van der Waals surface area contributed by atoms with Crippen LogP contribution in [0.15, 0.2) is 0 Å². The maximum absolute atomic E-state index is 11.8. The van der Waals surface area contributed by atoms with Gasteiger partial charge in [-0.05, 0) is 19.3 Å². The van der Waals surface area contributed by atoms with E-state index in [2.05, 4.69) is 4.18 Å². The summed E-state index contributed by atoms with van der Waals surface area (Å²) in [4.78, 5) is 0. The topological polar surface area (TPSA) is 52.6 Å². The second-order valence-electron chi connectivity index (χ2n) is 3.04. The summed E-state index contributed by atoms with van der Waals surface area (Å²) in [5.41, 5.74) is -5.34. The van der Waals surface area contributed by atoms with Crippen molar-refractivity contribution in [2.75, 3.05) is 19.8 Å². The minimum absolute atomic E-state index is 0.207. The molecule has 0 aromatic rings. The van der Waals surface area contributed by atoms with Crippen LogP contribution in [0.5, 0.6) is 0 Å². The van der Waals surface area contributed by atoms with Crippen LogP contribution in [0.3, 0.4) is 0 Å². The Labute approximate surface area is 92.9 Å². The summed E-state index contributed by atoms with van der Waals surface area (Å²) in [5, 5.41) is 0. The zero-order valence-corrected chi connectivity index (χ0v) is 9.73. The molecule has 0 bridgehead atoms. The van der Waals surface area contributed by atoms with Gasteiger partial charge in [0.25, 0.3) is 0 Å². The highest BCUT2D eigenvalue weighted by Gasteiger charge is 2.47. The molecule has 0 fully saturated rings. The van der Waals surface area contributed by atoms with E-state index in [0.29, 0.717) is 19.6 Å². The Morgan fingerprint density at radius 2 is 1.62 bits per heavy atom. The number of alkyl halides is 3. The summed E-state index contributed by atoms with van der Waals surface area (Å²) in [5.74, 6) is 0. The van der Waals surface area contributed by atoms with Gasteiger partial charge in [-0.1, -0.05) is 6.92 Å². The van der Waals surface area contributed by atoms with Crippen molar-refractivity contribution in [3.63, 3.8) is 0 Å². The minimum Gasteiger partial charge on any atom is -0.381 e. The minimum atomic E-state index is -5.44. The SMILES string of the molecule is CCCOCCCCOS(=O)(=O)C(F)(F)F. The second-order valence-corrected chi connectivity index (χ2v) is 4.65. The lowest BCUT2D eigenvalue weighted by molar-refractivity contribution is -0.0543. The molecule has 4 nitrogen and oxygen atoms in total. The van der Waals surface area contributed by atoms with Gasteiger partial charge in [-0.3, -0.25) is 4.18 Å². The second kappa shape index (κ2) is 7.08. The first kappa shape index (κ1) is 15.7. The molecule has 0 rings (SSSR count). The molecule has 8 heteroatoms. The van der Waals surface area contributed by atoms with Crippen LogP contribution in [0.4, 0.5) is 13.2 Å². The number of halogens is 3. The van der Waals surface area contributed by atoms with Crippen LogP contribution in [0.2, 0.25) is 0 Å². The van der Waals surface area contributed by atoms with Crippen molar-refractivity contribution < 1.29 is 30.5 Å². The zero-order valence-electron chi connectivity index (χ0n) is 8.92. The van der Waals surface area contributed by atoms with E-state index in [1.165, 1.54) is 0 Å². The van der Waals surface area contributed by atoms with Crippen LogP contribution in [0.1, 0.15) is 26.2 Å². The first-order valence-corrected chi connectivity index (χ1v) is 6.25. The van der Waals surface area contributed by atoms with Gasteiger partial charge in [0.1, 0.15) is 0 Å². The molecule has 0 N–H and O–H groups in total.